The molecule has 8 nitrogen and oxygen atoms in total. The fourth-order valence-electron chi connectivity index (χ4n) is 4.65. The Hall–Kier alpha value is -2.21. The monoisotopic (exact) mass is 603 g/mol. The third-order valence-electron chi connectivity index (χ3n) is 6.98. The highest BCUT2D eigenvalue weighted by Gasteiger charge is 2.30. The van der Waals surface area contributed by atoms with Crippen molar-refractivity contribution in [2.75, 3.05) is 49.9 Å². The van der Waals surface area contributed by atoms with E-state index in [4.69, 9.17) is 9.97 Å². The molecule has 3 heterocycles. The zero-order chi connectivity index (χ0) is 26.0. The van der Waals surface area contributed by atoms with E-state index < -0.39 is 10.0 Å². The molecule has 0 bridgehead atoms. The van der Waals surface area contributed by atoms with Gasteiger partial charge in [-0.3, -0.25) is 4.79 Å². The molecule has 11 heteroatoms. The maximum Gasteiger partial charge on any atom is 0.243 e. The molecule has 196 valence electrons. The molecule has 1 aromatic heterocycles. The average molecular weight is 605 g/mol. The van der Waals surface area contributed by atoms with E-state index in [9.17, 15) is 13.2 Å². The lowest BCUT2D eigenvalue weighted by molar-refractivity contribution is -0.129. The first kappa shape index (κ1) is 26.4. The van der Waals surface area contributed by atoms with E-state index in [1.807, 2.05) is 24.3 Å². The van der Waals surface area contributed by atoms with Gasteiger partial charge >= 0.3 is 0 Å². The number of para-hydroxylation sites is 2. The first-order valence-corrected chi connectivity index (χ1v) is 15.7. The number of piperazine rings is 1. The number of aromatic nitrogens is 2. The zero-order valence-corrected chi connectivity index (χ0v) is 23.9. The average Bonchev–Trinajstić information content (AvgIpc) is 2.92. The number of sulfonamides is 1. The van der Waals surface area contributed by atoms with Crippen LogP contribution in [0.25, 0.3) is 11.0 Å². The number of nitrogens with zero attached hydrogens (tertiary/aromatic N) is 5. The number of halogens is 1. The third-order valence-corrected chi connectivity index (χ3v) is 10.4. The highest BCUT2D eigenvalue weighted by atomic mass is 79.9. The summed E-state index contributed by atoms with van der Waals surface area (Å²) < 4.78 is 28.3. The summed E-state index contributed by atoms with van der Waals surface area (Å²) in [5.41, 5.74) is 1.67. The van der Waals surface area contributed by atoms with Crippen molar-refractivity contribution in [3.05, 3.63) is 53.0 Å². The van der Waals surface area contributed by atoms with Crippen LogP contribution < -0.4 is 4.90 Å². The lowest BCUT2D eigenvalue weighted by atomic mass is 9.99. The summed E-state index contributed by atoms with van der Waals surface area (Å²) in [6, 6.07) is 14.5. The van der Waals surface area contributed by atoms with Gasteiger partial charge in [0, 0.05) is 43.7 Å². The van der Waals surface area contributed by atoms with Gasteiger partial charge in [-0.1, -0.05) is 46.7 Å². The van der Waals surface area contributed by atoms with E-state index in [0.29, 0.717) is 19.0 Å². The Morgan fingerprint density at radius 3 is 2.22 bits per heavy atom. The molecule has 1 amide bonds. The second-order valence-electron chi connectivity index (χ2n) is 9.54. The van der Waals surface area contributed by atoms with Gasteiger partial charge in [-0.2, -0.15) is 4.31 Å². The fourth-order valence-corrected chi connectivity index (χ4v) is 7.25. The molecule has 0 N–H and O–H groups in total. The van der Waals surface area contributed by atoms with E-state index in [0.717, 1.165) is 52.3 Å². The molecule has 0 radical (unpaired) electrons. The van der Waals surface area contributed by atoms with Crippen LogP contribution in [-0.4, -0.2) is 78.5 Å². The van der Waals surface area contributed by atoms with Crippen molar-refractivity contribution in [1.82, 2.24) is 19.2 Å². The van der Waals surface area contributed by atoms with Crippen LogP contribution in [0.5, 0.6) is 0 Å². The van der Waals surface area contributed by atoms with Crippen LogP contribution in [-0.2, 0) is 14.8 Å². The molecule has 2 fully saturated rings. The van der Waals surface area contributed by atoms with E-state index in [1.165, 1.54) is 16.1 Å². The van der Waals surface area contributed by atoms with Crippen LogP contribution in [0.1, 0.15) is 19.8 Å². The molecule has 37 heavy (non-hydrogen) atoms. The third kappa shape index (κ3) is 5.94. The molecule has 2 aromatic carbocycles. The van der Waals surface area contributed by atoms with Crippen LogP contribution in [0.3, 0.4) is 0 Å². The zero-order valence-electron chi connectivity index (χ0n) is 20.7. The topological polar surface area (TPSA) is 86.7 Å². The SMILES string of the molecule is CC1CCN(c2nc3ccccc3nc2SCC(=O)N2CCN(S(=O)(=O)c3ccc(Br)cc3)CC2)CC1. The molecular formula is C26H30BrN5O3S2. The van der Waals surface area contributed by atoms with Gasteiger partial charge in [0.15, 0.2) is 5.82 Å². The summed E-state index contributed by atoms with van der Waals surface area (Å²) in [5.74, 6) is 1.78. The van der Waals surface area contributed by atoms with Gasteiger partial charge in [0.1, 0.15) is 5.03 Å². The Balaban J connectivity index is 1.24. The van der Waals surface area contributed by atoms with Crippen LogP contribution >= 0.6 is 27.7 Å². The molecule has 2 aliphatic rings. The highest BCUT2D eigenvalue weighted by molar-refractivity contribution is 9.10. The predicted octanol–water partition coefficient (Wildman–Crippen LogP) is 4.25. The summed E-state index contributed by atoms with van der Waals surface area (Å²) in [6.07, 6.45) is 2.23. The second kappa shape index (κ2) is 11.3. The summed E-state index contributed by atoms with van der Waals surface area (Å²) in [7, 11) is -3.58. The lowest BCUT2D eigenvalue weighted by Crippen LogP contribution is -2.50. The van der Waals surface area contributed by atoms with Gasteiger partial charge in [-0.25, -0.2) is 18.4 Å². The Morgan fingerprint density at radius 2 is 1.57 bits per heavy atom. The van der Waals surface area contributed by atoms with E-state index in [1.54, 1.807) is 29.2 Å². The van der Waals surface area contributed by atoms with Gasteiger partial charge in [0.25, 0.3) is 0 Å². The molecule has 0 unspecified atom stereocenters. The quantitative estimate of drug-likeness (QED) is 0.389. The van der Waals surface area contributed by atoms with Crippen LogP contribution in [0.4, 0.5) is 5.82 Å². The Kier molecular flexibility index (Phi) is 8.04. The molecule has 0 saturated carbocycles. The van der Waals surface area contributed by atoms with Crippen LogP contribution in [0.15, 0.2) is 62.9 Å². The number of thioether (sulfide) groups is 1. The van der Waals surface area contributed by atoms with Crippen molar-refractivity contribution in [2.24, 2.45) is 5.92 Å². The van der Waals surface area contributed by atoms with Gasteiger partial charge in [0.2, 0.25) is 15.9 Å². The fraction of sp³-hybridized carbons (Fsp3) is 0.423. The van der Waals surface area contributed by atoms with E-state index >= 15 is 0 Å². The Morgan fingerprint density at radius 1 is 0.946 bits per heavy atom. The summed E-state index contributed by atoms with van der Waals surface area (Å²) in [4.78, 5) is 27.2. The second-order valence-corrected chi connectivity index (χ2v) is 13.4. The number of hydrogen-bond acceptors (Lipinski definition) is 7. The van der Waals surface area contributed by atoms with Crippen molar-refractivity contribution in [3.8, 4) is 0 Å². The van der Waals surface area contributed by atoms with Crippen LogP contribution in [0.2, 0.25) is 0 Å². The van der Waals surface area contributed by atoms with Crippen molar-refractivity contribution < 1.29 is 13.2 Å². The molecular weight excluding hydrogens is 574 g/mol. The van der Waals surface area contributed by atoms with Crippen molar-refractivity contribution in [1.29, 1.82) is 0 Å². The molecule has 3 aromatic rings. The molecule has 0 atom stereocenters. The Labute approximate surface area is 230 Å². The summed E-state index contributed by atoms with van der Waals surface area (Å²) in [5, 5.41) is 0.776. The largest absolute Gasteiger partial charge is 0.354 e. The number of rotatable bonds is 6. The van der Waals surface area contributed by atoms with Crippen LogP contribution in [0, 0.1) is 5.92 Å². The first-order chi connectivity index (χ1) is 17.8. The number of carbonyl (C=O) groups is 1. The molecule has 2 saturated heterocycles. The summed E-state index contributed by atoms with van der Waals surface area (Å²) in [6.45, 7) is 5.45. The number of amides is 1. The van der Waals surface area contributed by atoms with Crippen molar-refractivity contribution >= 4 is 60.5 Å². The molecule has 5 rings (SSSR count). The van der Waals surface area contributed by atoms with E-state index in [2.05, 4.69) is 27.8 Å². The highest BCUT2D eigenvalue weighted by Crippen LogP contribution is 2.32. The van der Waals surface area contributed by atoms with E-state index in [-0.39, 0.29) is 29.6 Å². The summed E-state index contributed by atoms with van der Waals surface area (Å²) >= 11 is 4.76. The normalized spacial score (nSPS) is 17.9. The number of benzene rings is 2. The smallest absolute Gasteiger partial charge is 0.243 e. The number of fused-ring (bicyclic) bond motifs is 1. The van der Waals surface area contributed by atoms with Gasteiger partial charge < -0.3 is 9.80 Å². The maximum atomic E-state index is 13.1. The minimum atomic E-state index is -3.58. The maximum absolute atomic E-state index is 13.1. The number of carbonyl (C=O) groups excluding carboxylic acids is 1. The standard InChI is InChI=1S/C26H30BrN5O3S2/c1-19-10-12-31(13-11-19)25-26(29-23-5-3-2-4-22(23)28-25)36-18-24(33)30-14-16-32(17-15-30)37(34,35)21-8-6-20(27)7-9-21/h2-9,19H,10-18H2,1H3. The minimum Gasteiger partial charge on any atom is -0.354 e. The van der Waals surface area contributed by atoms with Gasteiger partial charge in [-0.05, 0) is 55.2 Å². The molecule has 0 spiro atoms. The van der Waals surface area contributed by atoms with Gasteiger partial charge in [0.05, 0.1) is 21.7 Å². The first-order valence-electron chi connectivity index (χ1n) is 12.5. The van der Waals surface area contributed by atoms with Crippen molar-refractivity contribution in [2.45, 2.75) is 29.7 Å². The minimum absolute atomic E-state index is 0.0149. The number of piperidine rings is 1. The lowest BCUT2D eigenvalue weighted by Gasteiger charge is -2.34. The van der Waals surface area contributed by atoms with Crippen molar-refractivity contribution in [3.63, 3.8) is 0 Å². The van der Waals surface area contributed by atoms with Gasteiger partial charge in [-0.15, -0.1) is 0 Å². The molecule has 0 aliphatic carbocycles. The predicted molar refractivity (Wildman–Crippen MR) is 150 cm³/mol. The molecule has 2 aliphatic heterocycles. The number of hydrogen-bond donors (Lipinski definition) is 0. The Bertz CT molecular complexity index is 1370. The number of anilines is 1.